The molecule has 1 N–H and O–H groups in total. The Bertz CT molecular complexity index is 380. The van der Waals surface area contributed by atoms with Gasteiger partial charge >= 0.3 is 0 Å². The van der Waals surface area contributed by atoms with Crippen molar-refractivity contribution in [3.8, 4) is 0 Å². The predicted molar refractivity (Wildman–Crippen MR) is 74.7 cm³/mol. The normalized spacial score (nSPS) is 17.8. The molecule has 0 amide bonds. The number of halogens is 2. The summed E-state index contributed by atoms with van der Waals surface area (Å²) >= 11 is 12.1. The van der Waals surface area contributed by atoms with E-state index in [4.69, 9.17) is 23.2 Å². The average molecular weight is 272 g/mol. The summed E-state index contributed by atoms with van der Waals surface area (Å²) in [6.45, 7) is 4.18. The lowest BCUT2D eigenvalue weighted by molar-refractivity contribution is 0.124. The van der Waals surface area contributed by atoms with Crippen molar-refractivity contribution in [2.45, 2.75) is 39.2 Å². The first kappa shape index (κ1) is 13.2. The highest BCUT2D eigenvalue weighted by atomic mass is 35.5. The summed E-state index contributed by atoms with van der Waals surface area (Å²) in [6, 6.07) is 5.80. The highest BCUT2D eigenvalue weighted by Crippen LogP contribution is 2.43. The van der Waals surface area contributed by atoms with E-state index in [1.54, 1.807) is 0 Å². The zero-order valence-electron chi connectivity index (χ0n) is 10.2. The second kappa shape index (κ2) is 5.60. The highest BCUT2D eigenvalue weighted by Gasteiger charge is 2.34. The van der Waals surface area contributed by atoms with Crippen LogP contribution in [0.3, 0.4) is 0 Å². The first-order valence-corrected chi connectivity index (χ1v) is 7.06. The second-order valence-electron chi connectivity index (χ2n) is 5.02. The van der Waals surface area contributed by atoms with Crippen molar-refractivity contribution in [1.82, 2.24) is 5.32 Å². The molecule has 1 aliphatic rings. The fraction of sp³-hybridized carbons (Fsp3) is 0.571. The SMILES string of the molecule is CCC1(CNCc2cccc(Cl)c2Cl)CCC1. The summed E-state index contributed by atoms with van der Waals surface area (Å²) in [7, 11) is 0. The predicted octanol–water partition coefficient (Wildman–Crippen LogP) is 4.66. The maximum absolute atomic E-state index is 6.15. The van der Waals surface area contributed by atoms with Crippen molar-refractivity contribution in [3.63, 3.8) is 0 Å². The zero-order chi connectivity index (χ0) is 12.3. The van der Waals surface area contributed by atoms with Crippen LogP contribution in [0.15, 0.2) is 18.2 Å². The van der Waals surface area contributed by atoms with Gasteiger partial charge in [-0.05, 0) is 36.3 Å². The van der Waals surface area contributed by atoms with Crippen LogP contribution in [0.4, 0.5) is 0 Å². The van der Waals surface area contributed by atoms with E-state index in [1.165, 1.54) is 25.7 Å². The van der Waals surface area contributed by atoms with Gasteiger partial charge in [-0.2, -0.15) is 0 Å². The van der Waals surface area contributed by atoms with Gasteiger partial charge in [0.05, 0.1) is 10.0 Å². The number of nitrogens with one attached hydrogen (secondary N) is 1. The van der Waals surface area contributed by atoms with Gasteiger partial charge in [0, 0.05) is 13.1 Å². The minimum absolute atomic E-state index is 0.547. The molecule has 1 nitrogen and oxygen atoms in total. The number of rotatable bonds is 5. The van der Waals surface area contributed by atoms with Gasteiger partial charge in [0.2, 0.25) is 0 Å². The molecule has 17 heavy (non-hydrogen) atoms. The molecule has 1 aromatic carbocycles. The van der Waals surface area contributed by atoms with Gasteiger partial charge in [-0.15, -0.1) is 0 Å². The quantitative estimate of drug-likeness (QED) is 0.821. The van der Waals surface area contributed by atoms with Gasteiger partial charge in [0.1, 0.15) is 0 Å². The topological polar surface area (TPSA) is 12.0 Å². The highest BCUT2D eigenvalue weighted by molar-refractivity contribution is 6.42. The first-order valence-electron chi connectivity index (χ1n) is 6.30. The summed E-state index contributed by atoms with van der Waals surface area (Å²) in [5.41, 5.74) is 1.63. The summed E-state index contributed by atoms with van der Waals surface area (Å²) in [4.78, 5) is 0. The summed E-state index contributed by atoms with van der Waals surface area (Å²) in [5, 5.41) is 4.84. The largest absolute Gasteiger partial charge is 0.312 e. The van der Waals surface area contributed by atoms with Gasteiger partial charge in [-0.3, -0.25) is 0 Å². The lowest BCUT2D eigenvalue weighted by Gasteiger charge is -2.41. The second-order valence-corrected chi connectivity index (χ2v) is 5.81. The third-order valence-electron chi connectivity index (χ3n) is 4.01. The molecule has 1 aliphatic carbocycles. The Balaban J connectivity index is 1.88. The van der Waals surface area contributed by atoms with Gasteiger partial charge in [-0.25, -0.2) is 0 Å². The standard InChI is InChI=1S/C14H19Cl2N/c1-2-14(7-4-8-14)10-17-9-11-5-3-6-12(15)13(11)16/h3,5-6,17H,2,4,7-10H2,1H3. The van der Waals surface area contributed by atoms with Crippen molar-refractivity contribution in [2.24, 2.45) is 5.41 Å². The molecule has 0 atom stereocenters. The Kier molecular flexibility index (Phi) is 4.35. The monoisotopic (exact) mass is 271 g/mol. The van der Waals surface area contributed by atoms with Gasteiger partial charge in [0.15, 0.2) is 0 Å². The van der Waals surface area contributed by atoms with E-state index in [0.29, 0.717) is 15.5 Å². The molecule has 3 heteroatoms. The van der Waals surface area contributed by atoms with E-state index in [-0.39, 0.29) is 0 Å². The Hall–Kier alpha value is -0.240. The maximum atomic E-state index is 6.15. The number of hydrogen-bond acceptors (Lipinski definition) is 1. The van der Waals surface area contributed by atoms with Crippen LogP contribution in [-0.2, 0) is 6.54 Å². The van der Waals surface area contributed by atoms with Crippen LogP contribution in [0, 0.1) is 5.41 Å². The molecule has 1 fully saturated rings. The van der Waals surface area contributed by atoms with Crippen LogP contribution in [-0.4, -0.2) is 6.54 Å². The molecule has 0 spiro atoms. The summed E-state index contributed by atoms with van der Waals surface area (Å²) < 4.78 is 0. The fourth-order valence-electron chi connectivity index (χ4n) is 2.48. The molecule has 0 aliphatic heterocycles. The fourth-order valence-corrected chi connectivity index (χ4v) is 2.87. The maximum Gasteiger partial charge on any atom is 0.0637 e. The molecule has 2 rings (SSSR count). The van der Waals surface area contributed by atoms with Crippen molar-refractivity contribution in [2.75, 3.05) is 6.54 Å². The van der Waals surface area contributed by atoms with Gasteiger partial charge in [-0.1, -0.05) is 48.7 Å². The third kappa shape index (κ3) is 2.96. The van der Waals surface area contributed by atoms with Crippen LogP contribution >= 0.6 is 23.2 Å². The lowest BCUT2D eigenvalue weighted by atomic mass is 9.67. The molecule has 94 valence electrons. The van der Waals surface area contributed by atoms with E-state index in [1.807, 2.05) is 18.2 Å². The van der Waals surface area contributed by atoms with Crippen LogP contribution < -0.4 is 5.32 Å². The molecule has 0 unspecified atom stereocenters. The molecule has 1 aromatic rings. The Morgan fingerprint density at radius 3 is 2.65 bits per heavy atom. The zero-order valence-corrected chi connectivity index (χ0v) is 11.7. The first-order chi connectivity index (χ1) is 8.17. The molecular weight excluding hydrogens is 253 g/mol. The number of benzene rings is 1. The van der Waals surface area contributed by atoms with Crippen LogP contribution in [0.5, 0.6) is 0 Å². The minimum atomic E-state index is 0.547. The van der Waals surface area contributed by atoms with Crippen molar-refractivity contribution >= 4 is 23.2 Å². The van der Waals surface area contributed by atoms with E-state index in [2.05, 4.69) is 12.2 Å². The van der Waals surface area contributed by atoms with E-state index in [9.17, 15) is 0 Å². The Labute approximate surface area is 114 Å². The molecule has 0 saturated heterocycles. The smallest absolute Gasteiger partial charge is 0.0637 e. The lowest BCUT2D eigenvalue weighted by Crippen LogP contribution is -2.39. The van der Waals surface area contributed by atoms with Gasteiger partial charge in [0.25, 0.3) is 0 Å². The van der Waals surface area contributed by atoms with E-state index in [0.717, 1.165) is 18.7 Å². The Morgan fingerprint density at radius 2 is 2.06 bits per heavy atom. The summed E-state index contributed by atoms with van der Waals surface area (Å²) in [6.07, 6.45) is 5.37. The number of hydrogen-bond donors (Lipinski definition) is 1. The van der Waals surface area contributed by atoms with Crippen LogP contribution in [0.25, 0.3) is 0 Å². The van der Waals surface area contributed by atoms with Crippen LogP contribution in [0.2, 0.25) is 10.0 Å². The molecule has 0 aromatic heterocycles. The molecule has 0 bridgehead atoms. The molecule has 1 saturated carbocycles. The van der Waals surface area contributed by atoms with Crippen molar-refractivity contribution in [1.29, 1.82) is 0 Å². The van der Waals surface area contributed by atoms with E-state index >= 15 is 0 Å². The van der Waals surface area contributed by atoms with Crippen LogP contribution in [0.1, 0.15) is 38.2 Å². The third-order valence-corrected chi connectivity index (χ3v) is 4.87. The van der Waals surface area contributed by atoms with Crippen molar-refractivity contribution < 1.29 is 0 Å². The summed E-state index contributed by atoms with van der Waals surface area (Å²) in [5.74, 6) is 0. The Morgan fingerprint density at radius 1 is 1.29 bits per heavy atom. The van der Waals surface area contributed by atoms with Gasteiger partial charge < -0.3 is 5.32 Å². The molecule has 0 heterocycles. The van der Waals surface area contributed by atoms with Crippen molar-refractivity contribution in [3.05, 3.63) is 33.8 Å². The molecule has 0 radical (unpaired) electrons. The average Bonchev–Trinajstić information content (AvgIpc) is 2.28. The van der Waals surface area contributed by atoms with E-state index < -0.39 is 0 Å². The minimum Gasteiger partial charge on any atom is -0.312 e. The molecular formula is C14H19Cl2N.